The number of hydrogen-bond donors (Lipinski definition) is 5. The molecule has 0 radical (unpaired) electrons. The normalized spacial score (nSPS) is 23.0. The molecule has 2 fully saturated rings. The van der Waals surface area contributed by atoms with Gasteiger partial charge in [-0.25, -0.2) is 9.78 Å². The van der Waals surface area contributed by atoms with Crippen LogP contribution < -0.4 is 16.4 Å². The standard InChI is InChI=1S/C23H24ClN7O5S3/c24-19-16(29-23(25)39-19)17(30-36)20(32)28-15-12-3-4-14(18(22(34)35)31(12)21(15)33)38-13-2-1-6-27-11(13)9-37-10-5-7-26-8-10/h1-2,6,10,12,15,26,36H,3-5,7-9H2,(H2,25,29)(H,28,32)(H,34,35)/t10?,12-,15+/m1/s1. The number of fused-ring (bicyclic) bond motifs is 1. The van der Waals surface area contributed by atoms with E-state index in [0.29, 0.717) is 28.7 Å². The highest BCUT2D eigenvalue weighted by Crippen LogP contribution is 2.44. The number of thiazole rings is 1. The smallest absolute Gasteiger partial charge is 0.353 e. The number of rotatable bonds is 9. The average molecular weight is 610 g/mol. The van der Waals surface area contributed by atoms with Crippen LogP contribution >= 0.6 is 46.5 Å². The molecule has 3 atom stereocenters. The highest BCUT2D eigenvalue weighted by atomic mass is 35.5. The number of carbonyl (C=O) groups is 3. The number of pyridine rings is 1. The van der Waals surface area contributed by atoms with Crippen LogP contribution in [0, 0.1) is 0 Å². The second kappa shape index (κ2) is 11.7. The summed E-state index contributed by atoms with van der Waals surface area (Å²) in [7, 11) is 0. The number of allylic oxidation sites excluding steroid dienone is 1. The Morgan fingerprint density at radius 3 is 2.87 bits per heavy atom. The zero-order valence-electron chi connectivity index (χ0n) is 20.3. The van der Waals surface area contributed by atoms with E-state index in [1.54, 1.807) is 6.20 Å². The van der Waals surface area contributed by atoms with Gasteiger partial charge in [0.15, 0.2) is 10.8 Å². The summed E-state index contributed by atoms with van der Waals surface area (Å²) in [6.07, 6.45) is 3.65. The van der Waals surface area contributed by atoms with Crippen molar-refractivity contribution in [3.63, 3.8) is 0 Å². The maximum Gasteiger partial charge on any atom is 0.353 e. The summed E-state index contributed by atoms with van der Waals surface area (Å²) in [5, 5.41) is 28.9. The Morgan fingerprint density at radius 2 is 2.21 bits per heavy atom. The summed E-state index contributed by atoms with van der Waals surface area (Å²) in [4.78, 5) is 49.3. The number of thioether (sulfide) groups is 2. The lowest BCUT2D eigenvalue weighted by Crippen LogP contribution is -2.72. The Balaban J connectivity index is 1.31. The fraction of sp³-hybridized carbons (Fsp3) is 0.391. The number of amides is 2. The zero-order chi connectivity index (χ0) is 27.7. The molecule has 5 rings (SSSR count). The number of aromatic nitrogens is 2. The Bertz CT molecular complexity index is 1380. The third-order valence-corrected chi connectivity index (χ3v) is 10.2. The SMILES string of the molecule is Nc1nc(C(=NO)C(=O)N[C@@H]2C(=O)N3C(C(=O)O)=C(Sc4cccnc4CSC4CCNC4)CC[C@H]23)c(Cl)s1. The predicted molar refractivity (Wildman–Crippen MR) is 149 cm³/mol. The van der Waals surface area contributed by atoms with Crippen molar-refractivity contribution in [2.45, 2.75) is 47.2 Å². The van der Waals surface area contributed by atoms with Gasteiger partial charge in [-0.05, 0) is 37.9 Å². The van der Waals surface area contributed by atoms with Crippen LogP contribution in [0.15, 0.2) is 39.0 Å². The number of nitrogen functional groups attached to an aromatic ring is 1. The molecule has 0 spiro atoms. The monoisotopic (exact) mass is 609 g/mol. The predicted octanol–water partition coefficient (Wildman–Crippen LogP) is 2.13. The number of β-lactam (4-membered cyclic amide) rings is 1. The molecule has 0 aliphatic carbocycles. The number of aliphatic carboxylic acids is 1. The third-order valence-electron chi connectivity index (χ3n) is 6.58. The first-order valence-electron chi connectivity index (χ1n) is 12.0. The minimum atomic E-state index is -1.22. The molecule has 39 heavy (non-hydrogen) atoms. The molecule has 206 valence electrons. The Kier molecular flexibility index (Phi) is 8.32. The van der Waals surface area contributed by atoms with E-state index in [1.165, 1.54) is 16.7 Å². The molecule has 3 aliphatic heterocycles. The Labute approximate surface area is 240 Å². The van der Waals surface area contributed by atoms with Gasteiger partial charge in [0.25, 0.3) is 11.8 Å². The molecule has 6 N–H and O–H groups in total. The van der Waals surface area contributed by atoms with Gasteiger partial charge in [-0.15, -0.1) is 0 Å². The van der Waals surface area contributed by atoms with E-state index < -0.39 is 35.6 Å². The summed E-state index contributed by atoms with van der Waals surface area (Å²) >= 11 is 10.1. The third kappa shape index (κ3) is 5.59. The number of nitrogens with one attached hydrogen (secondary N) is 2. The first-order valence-corrected chi connectivity index (χ1v) is 15.0. The van der Waals surface area contributed by atoms with E-state index in [0.717, 1.165) is 41.4 Å². The molecule has 2 aromatic heterocycles. The van der Waals surface area contributed by atoms with Crippen LogP contribution in [-0.4, -0.2) is 79.1 Å². The van der Waals surface area contributed by atoms with Gasteiger partial charge in [-0.3, -0.25) is 19.5 Å². The van der Waals surface area contributed by atoms with Gasteiger partial charge in [-0.2, -0.15) is 11.8 Å². The van der Waals surface area contributed by atoms with E-state index >= 15 is 0 Å². The van der Waals surface area contributed by atoms with E-state index in [9.17, 15) is 24.7 Å². The first kappa shape index (κ1) is 27.7. The highest BCUT2D eigenvalue weighted by molar-refractivity contribution is 8.03. The molecule has 12 nitrogen and oxygen atoms in total. The number of carboxylic acids is 1. The summed E-state index contributed by atoms with van der Waals surface area (Å²) in [6, 6.07) is 2.16. The maximum absolute atomic E-state index is 13.1. The fourth-order valence-electron chi connectivity index (χ4n) is 4.73. The van der Waals surface area contributed by atoms with Crippen molar-refractivity contribution in [3.8, 4) is 0 Å². The molecular weight excluding hydrogens is 586 g/mol. The zero-order valence-corrected chi connectivity index (χ0v) is 23.5. The van der Waals surface area contributed by atoms with Crippen molar-refractivity contribution < 1.29 is 24.7 Å². The number of nitrogens with two attached hydrogens (primary N) is 1. The topological polar surface area (TPSA) is 183 Å². The lowest BCUT2D eigenvalue weighted by molar-refractivity contribution is -0.155. The number of carbonyl (C=O) groups excluding carboxylic acids is 2. The van der Waals surface area contributed by atoms with Crippen LogP contribution in [-0.2, 0) is 20.1 Å². The van der Waals surface area contributed by atoms with Crippen LogP contribution in [0.2, 0.25) is 4.34 Å². The van der Waals surface area contributed by atoms with Crippen molar-refractivity contribution in [3.05, 3.63) is 44.7 Å². The van der Waals surface area contributed by atoms with Gasteiger partial charge in [0.1, 0.15) is 21.8 Å². The summed E-state index contributed by atoms with van der Waals surface area (Å²) in [5.41, 5.74) is 5.79. The summed E-state index contributed by atoms with van der Waals surface area (Å²) < 4.78 is 0.0560. The molecule has 0 saturated carbocycles. The second-order valence-corrected chi connectivity index (χ2v) is 13.0. The van der Waals surface area contributed by atoms with Gasteiger partial charge in [-0.1, -0.05) is 39.9 Å². The summed E-state index contributed by atoms with van der Waals surface area (Å²) in [6.45, 7) is 1.96. The van der Waals surface area contributed by atoms with Crippen LogP contribution in [0.25, 0.3) is 0 Å². The molecule has 2 amide bonds. The molecule has 1 unspecified atom stereocenters. The minimum absolute atomic E-state index is 0.0560. The van der Waals surface area contributed by atoms with Crippen LogP contribution in [0.1, 0.15) is 30.7 Å². The number of anilines is 1. The molecule has 3 aliphatic rings. The summed E-state index contributed by atoms with van der Waals surface area (Å²) in [5.74, 6) is -1.97. The second-order valence-electron chi connectivity index (χ2n) is 8.94. The Hall–Kier alpha value is -2.85. The van der Waals surface area contributed by atoms with Crippen LogP contribution in [0.4, 0.5) is 5.13 Å². The highest BCUT2D eigenvalue weighted by Gasteiger charge is 2.54. The van der Waals surface area contributed by atoms with E-state index in [2.05, 4.69) is 25.8 Å². The number of hydrogen-bond acceptors (Lipinski definition) is 12. The maximum atomic E-state index is 13.1. The lowest BCUT2D eigenvalue weighted by Gasteiger charge is -2.50. The molecule has 5 heterocycles. The Morgan fingerprint density at radius 1 is 1.38 bits per heavy atom. The molecular formula is C23H24ClN7O5S3. The van der Waals surface area contributed by atoms with Crippen molar-refractivity contribution in [2.75, 3.05) is 18.8 Å². The minimum Gasteiger partial charge on any atom is -0.477 e. The van der Waals surface area contributed by atoms with E-state index in [4.69, 9.17) is 17.3 Å². The van der Waals surface area contributed by atoms with Crippen LogP contribution in [0.5, 0.6) is 0 Å². The first-order chi connectivity index (χ1) is 18.8. The van der Waals surface area contributed by atoms with Gasteiger partial charge >= 0.3 is 5.97 Å². The largest absolute Gasteiger partial charge is 0.477 e. The van der Waals surface area contributed by atoms with Gasteiger partial charge in [0.2, 0.25) is 0 Å². The molecule has 2 aromatic rings. The van der Waals surface area contributed by atoms with E-state index in [-0.39, 0.29) is 20.9 Å². The van der Waals surface area contributed by atoms with Crippen molar-refractivity contribution in [1.82, 2.24) is 25.5 Å². The molecule has 0 aromatic carbocycles. The number of oxime groups is 1. The van der Waals surface area contributed by atoms with Crippen molar-refractivity contribution in [1.29, 1.82) is 0 Å². The van der Waals surface area contributed by atoms with Crippen molar-refractivity contribution >= 4 is 75.1 Å². The van der Waals surface area contributed by atoms with Gasteiger partial charge in [0, 0.05) is 33.5 Å². The van der Waals surface area contributed by atoms with Gasteiger partial charge in [0.05, 0.1) is 11.7 Å². The number of nitrogens with zero attached hydrogens (tertiary/aromatic N) is 4. The lowest BCUT2D eigenvalue weighted by atomic mass is 9.86. The number of carboxylic acid groups (broad SMARTS) is 1. The fourth-order valence-corrected chi connectivity index (χ4v) is 8.05. The van der Waals surface area contributed by atoms with Gasteiger partial charge < -0.3 is 26.7 Å². The average Bonchev–Trinajstić information content (AvgIpc) is 3.55. The number of halogens is 1. The molecule has 0 bridgehead atoms. The molecule has 2 saturated heterocycles. The van der Waals surface area contributed by atoms with Crippen molar-refractivity contribution in [2.24, 2.45) is 5.16 Å². The quantitative estimate of drug-likeness (QED) is 0.121. The molecule has 16 heteroatoms. The van der Waals surface area contributed by atoms with Crippen LogP contribution in [0.3, 0.4) is 0 Å². The van der Waals surface area contributed by atoms with E-state index in [1.807, 2.05) is 23.9 Å².